The van der Waals surface area contributed by atoms with Gasteiger partial charge < -0.3 is 0 Å². The molecule has 0 aromatic heterocycles. The maximum absolute atomic E-state index is 11.0. The lowest BCUT2D eigenvalue weighted by molar-refractivity contribution is -0.114. The molecule has 0 rings (SSSR count). The molecule has 22 heavy (non-hydrogen) atoms. The fraction of sp³-hybridized carbons (Fsp3) is 0.650. The molecule has 0 radical (unpaired) electrons. The molecule has 2 heteroatoms. The Morgan fingerprint density at radius 1 is 0.818 bits per heavy atom. The Balaban J connectivity index is 3.26. The van der Waals surface area contributed by atoms with E-state index in [1.54, 1.807) is 0 Å². The SMILES string of the molecule is CCCCC/C=C\C/C=C\CCCCCCCC(=O)C=C=O. The van der Waals surface area contributed by atoms with E-state index in [0.29, 0.717) is 6.42 Å². The number of hydrogen-bond donors (Lipinski definition) is 0. The van der Waals surface area contributed by atoms with Crippen molar-refractivity contribution in [2.24, 2.45) is 0 Å². The third-order valence-corrected chi connectivity index (χ3v) is 3.59. The monoisotopic (exact) mass is 304 g/mol. The summed E-state index contributed by atoms with van der Waals surface area (Å²) < 4.78 is 0. The molecule has 0 aliphatic heterocycles. The van der Waals surface area contributed by atoms with Gasteiger partial charge in [0.25, 0.3) is 0 Å². The van der Waals surface area contributed by atoms with E-state index in [2.05, 4.69) is 31.2 Å². The summed E-state index contributed by atoms with van der Waals surface area (Å²) in [5.41, 5.74) is 0. The molecule has 2 nitrogen and oxygen atoms in total. The van der Waals surface area contributed by atoms with Gasteiger partial charge in [-0.1, -0.05) is 63.3 Å². The standard InChI is InChI=1S/C20H32O2/c1-2-3-4-5-6-7-8-9-10-11-12-13-14-15-16-17-20(22)18-19-21/h6-7,9-10,18H,2-5,8,11-17H2,1H3/b7-6-,10-9-. The average Bonchev–Trinajstić information content (AvgIpc) is 2.51. The van der Waals surface area contributed by atoms with E-state index < -0.39 is 0 Å². The average molecular weight is 304 g/mol. The zero-order valence-electron chi connectivity index (χ0n) is 14.2. The molecule has 0 heterocycles. The van der Waals surface area contributed by atoms with Gasteiger partial charge in [0, 0.05) is 6.42 Å². The Labute approximate surface area is 136 Å². The van der Waals surface area contributed by atoms with Crippen LogP contribution in [-0.4, -0.2) is 11.7 Å². The van der Waals surface area contributed by atoms with Crippen molar-refractivity contribution in [2.75, 3.05) is 0 Å². The molecule has 0 aliphatic rings. The smallest absolute Gasteiger partial charge is 0.166 e. The number of rotatable bonds is 15. The second-order valence-electron chi connectivity index (χ2n) is 5.71. The van der Waals surface area contributed by atoms with E-state index >= 15 is 0 Å². The molecular weight excluding hydrogens is 272 g/mol. The summed E-state index contributed by atoms with van der Waals surface area (Å²) >= 11 is 0. The zero-order valence-corrected chi connectivity index (χ0v) is 14.2. The molecule has 0 aromatic rings. The Bertz CT molecular complexity index is 360. The Hall–Kier alpha value is -1.40. The maximum atomic E-state index is 11.0. The summed E-state index contributed by atoms with van der Waals surface area (Å²) in [5, 5.41) is 0. The van der Waals surface area contributed by atoms with E-state index in [4.69, 9.17) is 0 Å². The van der Waals surface area contributed by atoms with Crippen LogP contribution in [-0.2, 0) is 9.59 Å². The van der Waals surface area contributed by atoms with Crippen LogP contribution >= 0.6 is 0 Å². The number of allylic oxidation sites excluding steroid dienone is 5. The Kier molecular flexibility index (Phi) is 16.5. The number of hydrogen-bond acceptors (Lipinski definition) is 2. The van der Waals surface area contributed by atoms with Crippen molar-refractivity contribution in [3.05, 3.63) is 30.4 Å². The summed E-state index contributed by atoms with van der Waals surface area (Å²) in [6.45, 7) is 2.23. The molecule has 0 aromatic carbocycles. The first kappa shape index (κ1) is 20.6. The fourth-order valence-electron chi connectivity index (χ4n) is 2.25. The quantitative estimate of drug-likeness (QED) is 0.167. The summed E-state index contributed by atoms with van der Waals surface area (Å²) in [7, 11) is 0. The molecular formula is C20H32O2. The van der Waals surface area contributed by atoms with E-state index in [-0.39, 0.29) is 5.78 Å². The van der Waals surface area contributed by atoms with E-state index in [1.165, 1.54) is 50.9 Å². The molecule has 0 aliphatic carbocycles. The largest absolute Gasteiger partial charge is 0.294 e. The highest BCUT2D eigenvalue weighted by Gasteiger charge is 1.96. The molecule has 0 saturated carbocycles. The molecule has 0 N–H and O–H groups in total. The van der Waals surface area contributed by atoms with Crippen molar-refractivity contribution >= 4 is 11.7 Å². The summed E-state index contributed by atoms with van der Waals surface area (Å²) in [6.07, 6.45) is 23.5. The first-order chi connectivity index (χ1) is 10.8. The van der Waals surface area contributed by atoms with E-state index in [9.17, 15) is 9.59 Å². The van der Waals surface area contributed by atoms with Gasteiger partial charge in [0.05, 0.1) is 6.08 Å². The minimum Gasteiger partial charge on any atom is -0.294 e. The van der Waals surface area contributed by atoms with Gasteiger partial charge in [-0.15, -0.1) is 0 Å². The summed E-state index contributed by atoms with van der Waals surface area (Å²) in [6, 6.07) is 0. The highest BCUT2D eigenvalue weighted by atomic mass is 16.1. The minimum atomic E-state index is -0.0966. The topological polar surface area (TPSA) is 34.1 Å². The van der Waals surface area contributed by atoms with E-state index in [0.717, 1.165) is 31.8 Å². The van der Waals surface area contributed by atoms with Crippen molar-refractivity contribution in [1.82, 2.24) is 0 Å². The third kappa shape index (κ3) is 16.7. The predicted molar refractivity (Wildman–Crippen MR) is 94.6 cm³/mol. The van der Waals surface area contributed by atoms with Gasteiger partial charge in [-0.05, 0) is 38.5 Å². The van der Waals surface area contributed by atoms with Crippen molar-refractivity contribution in [2.45, 2.75) is 84.0 Å². The normalized spacial score (nSPS) is 11.1. The van der Waals surface area contributed by atoms with Crippen LogP contribution < -0.4 is 0 Å². The molecule has 0 spiro atoms. The molecule has 0 bridgehead atoms. The molecule has 0 fully saturated rings. The van der Waals surface area contributed by atoms with Crippen molar-refractivity contribution in [3.8, 4) is 0 Å². The second kappa shape index (κ2) is 17.7. The van der Waals surface area contributed by atoms with Crippen molar-refractivity contribution in [3.63, 3.8) is 0 Å². The minimum absolute atomic E-state index is 0.0966. The second-order valence-corrected chi connectivity index (χ2v) is 5.71. The van der Waals surface area contributed by atoms with Crippen molar-refractivity contribution < 1.29 is 9.59 Å². The van der Waals surface area contributed by atoms with Gasteiger partial charge in [0.15, 0.2) is 5.78 Å². The van der Waals surface area contributed by atoms with Gasteiger partial charge >= 0.3 is 0 Å². The third-order valence-electron chi connectivity index (χ3n) is 3.59. The Morgan fingerprint density at radius 2 is 1.41 bits per heavy atom. The predicted octanol–water partition coefficient (Wildman–Crippen LogP) is 5.76. The highest BCUT2D eigenvalue weighted by molar-refractivity contribution is 5.95. The van der Waals surface area contributed by atoms with Crippen LogP contribution in [0.4, 0.5) is 0 Å². The number of carbonyl (C=O) groups is 1. The maximum Gasteiger partial charge on any atom is 0.166 e. The molecule has 0 saturated heterocycles. The lowest BCUT2D eigenvalue weighted by Gasteiger charge is -1.98. The van der Waals surface area contributed by atoms with Gasteiger partial charge in [0.1, 0.15) is 5.94 Å². The first-order valence-electron chi connectivity index (χ1n) is 8.85. The molecule has 0 amide bonds. The molecule has 0 atom stereocenters. The first-order valence-corrected chi connectivity index (χ1v) is 8.85. The molecule has 0 unspecified atom stereocenters. The van der Waals surface area contributed by atoms with Gasteiger partial charge in [-0.2, -0.15) is 0 Å². The number of ketones is 1. The van der Waals surface area contributed by atoms with Gasteiger partial charge in [0.2, 0.25) is 0 Å². The van der Waals surface area contributed by atoms with E-state index in [1.807, 2.05) is 0 Å². The zero-order chi connectivity index (χ0) is 16.3. The van der Waals surface area contributed by atoms with Crippen LogP contribution in [0.2, 0.25) is 0 Å². The van der Waals surface area contributed by atoms with Crippen LogP contribution in [0, 0.1) is 0 Å². The van der Waals surface area contributed by atoms with Gasteiger partial charge in [-0.3, -0.25) is 4.79 Å². The van der Waals surface area contributed by atoms with Crippen LogP contribution in [0.3, 0.4) is 0 Å². The van der Waals surface area contributed by atoms with Gasteiger partial charge in [-0.25, -0.2) is 4.79 Å². The number of carbonyl (C=O) groups excluding carboxylic acids is 2. The molecule has 124 valence electrons. The van der Waals surface area contributed by atoms with Crippen LogP contribution in [0.5, 0.6) is 0 Å². The highest BCUT2D eigenvalue weighted by Crippen LogP contribution is 2.08. The summed E-state index contributed by atoms with van der Waals surface area (Å²) in [5.74, 6) is 1.44. The Morgan fingerprint density at radius 3 is 2.05 bits per heavy atom. The van der Waals surface area contributed by atoms with Crippen molar-refractivity contribution in [1.29, 1.82) is 0 Å². The summed E-state index contributed by atoms with van der Waals surface area (Å²) in [4.78, 5) is 21.0. The van der Waals surface area contributed by atoms with Crippen LogP contribution in [0.1, 0.15) is 84.0 Å². The van der Waals surface area contributed by atoms with Crippen LogP contribution in [0.25, 0.3) is 0 Å². The lowest BCUT2D eigenvalue weighted by atomic mass is 10.1. The number of unbranched alkanes of at least 4 members (excludes halogenated alkanes) is 8. The van der Waals surface area contributed by atoms with Crippen LogP contribution in [0.15, 0.2) is 30.4 Å². The fourth-order valence-corrected chi connectivity index (χ4v) is 2.25. The lowest BCUT2D eigenvalue weighted by Crippen LogP contribution is -1.92.